The number of carbonyl (C=O) groups is 1. The van der Waals surface area contributed by atoms with Crippen molar-refractivity contribution in [1.82, 2.24) is 0 Å². The van der Waals surface area contributed by atoms with E-state index in [2.05, 4.69) is 4.74 Å². The van der Waals surface area contributed by atoms with E-state index in [1.807, 2.05) is 0 Å². The Morgan fingerprint density at radius 1 is 1.53 bits per heavy atom. The fourth-order valence-corrected chi connectivity index (χ4v) is 1.94. The van der Waals surface area contributed by atoms with E-state index in [0.717, 1.165) is 6.07 Å². The summed E-state index contributed by atoms with van der Waals surface area (Å²) in [6, 6.07) is 5.37. The Balaban J connectivity index is 2.65. The first kappa shape index (κ1) is 11.8. The van der Waals surface area contributed by atoms with Crippen molar-refractivity contribution in [2.45, 2.75) is 11.8 Å². The second-order valence-corrected chi connectivity index (χ2v) is 4.20. The van der Waals surface area contributed by atoms with Crippen LogP contribution in [0.5, 0.6) is 0 Å². The number of hydrogen-bond acceptors (Lipinski definition) is 3. The maximum absolute atomic E-state index is 12.8. The second kappa shape index (κ2) is 5.60. The molecule has 1 aromatic rings. The number of benzene rings is 1. The molecule has 0 saturated carbocycles. The van der Waals surface area contributed by atoms with Crippen LogP contribution in [0.4, 0.5) is 4.39 Å². The molecule has 15 heavy (non-hydrogen) atoms. The van der Waals surface area contributed by atoms with Gasteiger partial charge in [0.2, 0.25) is 0 Å². The summed E-state index contributed by atoms with van der Waals surface area (Å²) in [7, 11) is -1.54. The summed E-state index contributed by atoms with van der Waals surface area (Å²) in [6.07, 6.45) is 0. The Hall–Kier alpha value is -1.23. The van der Waals surface area contributed by atoms with Crippen molar-refractivity contribution < 1.29 is 18.1 Å². The number of carbonyl (C=O) groups excluding carboxylic acids is 1. The van der Waals surface area contributed by atoms with Gasteiger partial charge in [-0.3, -0.25) is 9.00 Å². The van der Waals surface area contributed by atoms with Gasteiger partial charge in [0.1, 0.15) is 11.6 Å². The molecule has 0 aliphatic rings. The molecule has 0 fully saturated rings. The summed E-state index contributed by atoms with van der Waals surface area (Å²) in [4.78, 5) is 11.3. The van der Waals surface area contributed by atoms with Gasteiger partial charge in [0, 0.05) is 4.90 Å². The largest absolute Gasteiger partial charge is 0.465 e. The zero-order valence-corrected chi connectivity index (χ0v) is 9.05. The molecular weight excluding hydrogens is 219 g/mol. The Kier molecular flexibility index (Phi) is 4.42. The predicted molar refractivity (Wildman–Crippen MR) is 54.3 cm³/mol. The van der Waals surface area contributed by atoms with E-state index in [0.29, 0.717) is 4.90 Å². The average Bonchev–Trinajstić information content (AvgIpc) is 2.18. The first-order valence-electron chi connectivity index (χ1n) is 4.43. The minimum absolute atomic E-state index is 0.239. The van der Waals surface area contributed by atoms with Crippen LogP contribution in [0.25, 0.3) is 0 Å². The molecule has 1 unspecified atom stereocenters. The highest BCUT2D eigenvalue weighted by Gasteiger charge is 2.11. The molecule has 5 heteroatoms. The van der Waals surface area contributed by atoms with Gasteiger partial charge in [-0.1, -0.05) is 6.07 Å². The fraction of sp³-hybridized carbons (Fsp3) is 0.300. The van der Waals surface area contributed by atoms with Crippen molar-refractivity contribution in [1.29, 1.82) is 0 Å². The minimum Gasteiger partial charge on any atom is -0.465 e. The van der Waals surface area contributed by atoms with Crippen molar-refractivity contribution in [3.8, 4) is 0 Å². The van der Waals surface area contributed by atoms with Gasteiger partial charge in [-0.15, -0.1) is 0 Å². The van der Waals surface area contributed by atoms with E-state index in [9.17, 15) is 13.4 Å². The molecule has 0 radical (unpaired) electrons. The molecule has 0 bridgehead atoms. The Morgan fingerprint density at radius 2 is 2.27 bits per heavy atom. The van der Waals surface area contributed by atoms with Crippen LogP contribution in [0, 0.1) is 5.82 Å². The monoisotopic (exact) mass is 230 g/mol. The lowest BCUT2D eigenvalue weighted by molar-refractivity contribution is -0.139. The first-order valence-corrected chi connectivity index (χ1v) is 5.75. The molecule has 0 N–H and O–H groups in total. The molecule has 1 aromatic carbocycles. The van der Waals surface area contributed by atoms with Crippen molar-refractivity contribution >= 4 is 16.8 Å². The van der Waals surface area contributed by atoms with Crippen LogP contribution >= 0.6 is 0 Å². The molecule has 0 spiro atoms. The standard InChI is InChI=1S/C10H11FO3S/c1-2-14-10(12)7-15(13)9-5-3-4-8(11)6-9/h3-6H,2,7H2,1H3. The molecule has 0 aliphatic carbocycles. The van der Waals surface area contributed by atoms with Gasteiger partial charge in [-0.25, -0.2) is 4.39 Å². The lowest BCUT2D eigenvalue weighted by Gasteiger charge is -2.02. The van der Waals surface area contributed by atoms with Gasteiger partial charge < -0.3 is 4.74 Å². The lowest BCUT2D eigenvalue weighted by atomic mass is 10.4. The second-order valence-electron chi connectivity index (χ2n) is 2.75. The molecule has 1 rings (SSSR count). The van der Waals surface area contributed by atoms with Crippen LogP contribution in [0.2, 0.25) is 0 Å². The van der Waals surface area contributed by atoms with Crippen LogP contribution < -0.4 is 0 Å². The van der Waals surface area contributed by atoms with Gasteiger partial charge in [0.05, 0.1) is 17.4 Å². The highest BCUT2D eigenvalue weighted by atomic mass is 32.2. The normalized spacial score (nSPS) is 12.1. The number of ether oxygens (including phenoxy) is 1. The third-order valence-corrected chi connectivity index (χ3v) is 2.89. The summed E-state index contributed by atoms with van der Waals surface area (Å²) >= 11 is 0. The third-order valence-electron chi connectivity index (χ3n) is 1.61. The molecule has 0 amide bonds. The zero-order chi connectivity index (χ0) is 11.3. The van der Waals surface area contributed by atoms with Crippen LogP contribution in [-0.4, -0.2) is 22.5 Å². The van der Waals surface area contributed by atoms with Gasteiger partial charge in [0.25, 0.3) is 0 Å². The summed E-state index contributed by atoms with van der Waals surface area (Å²) in [6.45, 7) is 1.92. The lowest BCUT2D eigenvalue weighted by Crippen LogP contribution is -2.14. The molecule has 0 heterocycles. The first-order chi connectivity index (χ1) is 7.13. The van der Waals surface area contributed by atoms with Crippen LogP contribution in [0.3, 0.4) is 0 Å². The fourth-order valence-electron chi connectivity index (χ4n) is 1.00. The highest BCUT2D eigenvalue weighted by Crippen LogP contribution is 2.08. The van der Waals surface area contributed by atoms with Crippen molar-refractivity contribution in [3.05, 3.63) is 30.1 Å². The number of rotatable bonds is 4. The molecular formula is C10H11FO3S. The Bertz CT molecular complexity index is 379. The van der Waals surface area contributed by atoms with Crippen molar-refractivity contribution in [2.24, 2.45) is 0 Å². The topological polar surface area (TPSA) is 43.4 Å². The highest BCUT2D eigenvalue weighted by molar-refractivity contribution is 7.85. The number of halogens is 1. The molecule has 3 nitrogen and oxygen atoms in total. The van der Waals surface area contributed by atoms with Gasteiger partial charge in [0.15, 0.2) is 0 Å². The zero-order valence-electron chi connectivity index (χ0n) is 8.23. The van der Waals surface area contributed by atoms with E-state index in [-0.39, 0.29) is 12.4 Å². The van der Waals surface area contributed by atoms with Crippen molar-refractivity contribution in [2.75, 3.05) is 12.4 Å². The molecule has 1 atom stereocenters. The summed E-state index contributed by atoms with van der Waals surface area (Å²) in [5.74, 6) is -1.25. The smallest absolute Gasteiger partial charge is 0.318 e. The van der Waals surface area contributed by atoms with E-state index in [4.69, 9.17) is 0 Å². The van der Waals surface area contributed by atoms with Crippen LogP contribution in [0.15, 0.2) is 29.2 Å². The SMILES string of the molecule is CCOC(=O)CS(=O)c1cccc(F)c1. The molecule has 0 saturated heterocycles. The van der Waals surface area contributed by atoms with E-state index < -0.39 is 22.6 Å². The van der Waals surface area contributed by atoms with Crippen LogP contribution in [0.1, 0.15) is 6.92 Å². The minimum atomic E-state index is -1.54. The van der Waals surface area contributed by atoms with Crippen molar-refractivity contribution in [3.63, 3.8) is 0 Å². The maximum Gasteiger partial charge on any atom is 0.318 e. The maximum atomic E-state index is 12.8. The molecule has 0 aliphatic heterocycles. The summed E-state index contributed by atoms with van der Waals surface area (Å²) in [5, 5.41) is 0. The van der Waals surface area contributed by atoms with E-state index in [1.54, 1.807) is 6.92 Å². The molecule has 82 valence electrons. The van der Waals surface area contributed by atoms with E-state index >= 15 is 0 Å². The van der Waals surface area contributed by atoms with E-state index in [1.165, 1.54) is 18.2 Å². The third kappa shape index (κ3) is 3.79. The number of esters is 1. The molecule has 0 aromatic heterocycles. The average molecular weight is 230 g/mol. The van der Waals surface area contributed by atoms with Crippen LogP contribution in [-0.2, 0) is 20.3 Å². The van der Waals surface area contributed by atoms with Gasteiger partial charge >= 0.3 is 5.97 Å². The predicted octanol–water partition coefficient (Wildman–Crippen LogP) is 1.50. The quantitative estimate of drug-likeness (QED) is 0.736. The van der Waals surface area contributed by atoms with Gasteiger partial charge in [-0.05, 0) is 25.1 Å². The summed E-state index contributed by atoms with van der Waals surface area (Å²) in [5.41, 5.74) is 0. The Labute approximate surface area is 89.7 Å². The number of hydrogen-bond donors (Lipinski definition) is 0. The Morgan fingerprint density at radius 3 is 2.87 bits per heavy atom. The van der Waals surface area contributed by atoms with Gasteiger partial charge in [-0.2, -0.15) is 0 Å². The summed E-state index contributed by atoms with van der Waals surface area (Å²) < 4.78 is 28.9.